The molecule has 0 saturated heterocycles. The number of fused-ring (bicyclic) bond motifs is 1. The Hall–Kier alpha value is -0.800. The molecule has 0 radical (unpaired) electrons. The van der Waals surface area contributed by atoms with Crippen molar-refractivity contribution in [3.8, 4) is 5.75 Å². The number of ether oxygens (including phenoxy) is 1. The van der Waals surface area contributed by atoms with Crippen molar-refractivity contribution in [2.24, 2.45) is 0 Å². The molecular weight excluding hydrogens is 392 g/mol. The van der Waals surface area contributed by atoms with Gasteiger partial charge < -0.3 is 4.74 Å². The minimum Gasteiger partial charge on any atom is -0.493 e. The van der Waals surface area contributed by atoms with E-state index >= 15 is 0 Å². The standard InChI is InChI=1S/C18H18Br2O/c1-2-21-17-9-8-15(11-16(17)19)18(20)14-7-6-12-4-3-5-13(12)10-14/h6-11,18H,2-5H2,1H3. The molecule has 0 saturated carbocycles. The third kappa shape index (κ3) is 3.19. The molecule has 1 atom stereocenters. The number of hydrogen-bond donors (Lipinski definition) is 0. The average Bonchev–Trinajstić information content (AvgIpc) is 2.96. The van der Waals surface area contributed by atoms with Crippen LogP contribution in [0.4, 0.5) is 0 Å². The van der Waals surface area contributed by atoms with Crippen molar-refractivity contribution < 1.29 is 4.74 Å². The lowest BCUT2D eigenvalue weighted by Crippen LogP contribution is -1.97. The molecule has 110 valence electrons. The summed E-state index contributed by atoms with van der Waals surface area (Å²) in [5.41, 5.74) is 5.60. The Labute approximate surface area is 143 Å². The lowest BCUT2D eigenvalue weighted by Gasteiger charge is -2.14. The monoisotopic (exact) mass is 408 g/mol. The fourth-order valence-corrected chi connectivity index (χ4v) is 3.97. The zero-order valence-corrected chi connectivity index (χ0v) is 15.2. The summed E-state index contributed by atoms with van der Waals surface area (Å²) in [6.45, 7) is 2.68. The molecule has 1 aliphatic rings. The minimum absolute atomic E-state index is 0.218. The molecule has 1 unspecified atom stereocenters. The van der Waals surface area contributed by atoms with E-state index in [-0.39, 0.29) is 4.83 Å². The van der Waals surface area contributed by atoms with Crippen LogP contribution in [0.5, 0.6) is 5.75 Å². The summed E-state index contributed by atoms with van der Waals surface area (Å²) in [5.74, 6) is 0.898. The molecule has 0 aliphatic heterocycles. The summed E-state index contributed by atoms with van der Waals surface area (Å²) in [6, 6.07) is 13.2. The molecule has 3 rings (SSSR count). The lowest BCUT2D eigenvalue weighted by molar-refractivity contribution is 0.338. The van der Waals surface area contributed by atoms with Gasteiger partial charge in [-0.25, -0.2) is 0 Å². The molecule has 0 bridgehead atoms. The first-order valence-electron chi connectivity index (χ1n) is 7.37. The highest BCUT2D eigenvalue weighted by Crippen LogP contribution is 2.37. The maximum atomic E-state index is 5.58. The van der Waals surface area contributed by atoms with Crippen LogP contribution in [-0.4, -0.2) is 6.61 Å². The van der Waals surface area contributed by atoms with E-state index in [2.05, 4.69) is 62.2 Å². The van der Waals surface area contributed by atoms with Gasteiger partial charge in [-0.15, -0.1) is 0 Å². The average molecular weight is 410 g/mol. The van der Waals surface area contributed by atoms with E-state index in [0.717, 1.165) is 10.2 Å². The summed E-state index contributed by atoms with van der Waals surface area (Å²) < 4.78 is 6.58. The van der Waals surface area contributed by atoms with E-state index in [1.165, 1.54) is 41.5 Å². The van der Waals surface area contributed by atoms with Gasteiger partial charge >= 0.3 is 0 Å². The Morgan fingerprint density at radius 3 is 2.52 bits per heavy atom. The quantitative estimate of drug-likeness (QED) is 0.578. The SMILES string of the molecule is CCOc1ccc(C(Br)c2ccc3c(c2)CCC3)cc1Br. The summed E-state index contributed by atoms with van der Waals surface area (Å²) >= 11 is 7.43. The Balaban J connectivity index is 1.88. The van der Waals surface area contributed by atoms with Crippen molar-refractivity contribution >= 4 is 31.9 Å². The number of halogens is 2. The first kappa shape index (κ1) is 15.1. The summed E-state index contributed by atoms with van der Waals surface area (Å²) in [4.78, 5) is 0.218. The topological polar surface area (TPSA) is 9.23 Å². The van der Waals surface area contributed by atoms with Gasteiger partial charge in [0, 0.05) is 0 Å². The Morgan fingerprint density at radius 1 is 1.05 bits per heavy atom. The van der Waals surface area contributed by atoms with E-state index in [1.807, 2.05) is 13.0 Å². The molecule has 0 amide bonds. The smallest absolute Gasteiger partial charge is 0.133 e. The van der Waals surface area contributed by atoms with Crippen LogP contribution in [0.1, 0.15) is 40.4 Å². The van der Waals surface area contributed by atoms with Crippen LogP contribution in [0.2, 0.25) is 0 Å². The van der Waals surface area contributed by atoms with Gasteiger partial charge in [-0.2, -0.15) is 0 Å². The van der Waals surface area contributed by atoms with E-state index in [9.17, 15) is 0 Å². The van der Waals surface area contributed by atoms with Crippen molar-refractivity contribution in [1.82, 2.24) is 0 Å². The van der Waals surface area contributed by atoms with Crippen molar-refractivity contribution in [3.05, 3.63) is 63.1 Å². The summed E-state index contributed by atoms with van der Waals surface area (Å²) in [7, 11) is 0. The minimum atomic E-state index is 0.218. The summed E-state index contributed by atoms with van der Waals surface area (Å²) in [5, 5.41) is 0. The van der Waals surface area contributed by atoms with E-state index in [0.29, 0.717) is 6.61 Å². The predicted molar refractivity (Wildman–Crippen MR) is 94.5 cm³/mol. The van der Waals surface area contributed by atoms with Crippen molar-refractivity contribution in [1.29, 1.82) is 0 Å². The Bertz CT molecular complexity index is 652. The molecule has 0 spiro atoms. The molecule has 2 aromatic carbocycles. The maximum Gasteiger partial charge on any atom is 0.133 e. The van der Waals surface area contributed by atoms with Crippen LogP contribution < -0.4 is 4.74 Å². The normalized spacial score (nSPS) is 14.8. The molecule has 21 heavy (non-hydrogen) atoms. The number of aryl methyl sites for hydroxylation is 2. The van der Waals surface area contributed by atoms with Crippen LogP contribution >= 0.6 is 31.9 Å². The first-order chi connectivity index (χ1) is 10.2. The van der Waals surface area contributed by atoms with Crippen LogP contribution in [-0.2, 0) is 12.8 Å². The second kappa shape index (κ2) is 6.53. The zero-order chi connectivity index (χ0) is 14.8. The molecule has 1 aliphatic carbocycles. The van der Waals surface area contributed by atoms with Gasteiger partial charge in [0.25, 0.3) is 0 Å². The number of hydrogen-bond acceptors (Lipinski definition) is 1. The molecular formula is C18H18Br2O. The zero-order valence-electron chi connectivity index (χ0n) is 12.0. The molecule has 0 N–H and O–H groups in total. The highest BCUT2D eigenvalue weighted by Gasteiger charge is 2.16. The van der Waals surface area contributed by atoms with E-state index in [4.69, 9.17) is 4.74 Å². The second-order valence-corrected chi connectivity index (χ2v) is 7.14. The third-order valence-corrected chi connectivity index (χ3v) is 5.64. The van der Waals surface area contributed by atoms with Gasteiger partial charge in [0.05, 0.1) is 15.9 Å². The van der Waals surface area contributed by atoms with Crippen LogP contribution in [0.3, 0.4) is 0 Å². The fraction of sp³-hybridized carbons (Fsp3) is 0.333. The predicted octanol–water partition coefficient (Wildman–Crippen LogP) is 5.82. The van der Waals surface area contributed by atoms with Crippen molar-refractivity contribution in [3.63, 3.8) is 0 Å². The highest BCUT2D eigenvalue weighted by atomic mass is 79.9. The van der Waals surface area contributed by atoms with Crippen LogP contribution in [0.25, 0.3) is 0 Å². The Kier molecular flexibility index (Phi) is 4.70. The molecule has 2 aromatic rings. The van der Waals surface area contributed by atoms with Crippen molar-refractivity contribution in [2.45, 2.75) is 31.0 Å². The molecule has 0 heterocycles. The number of benzene rings is 2. The second-order valence-electron chi connectivity index (χ2n) is 5.37. The molecule has 1 nitrogen and oxygen atoms in total. The fourth-order valence-electron chi connectivity index (χ4n) is 2.89. The van der Waals surface area contributed by atoms with Gasteiger partial charge in [0.1, 0.15) is 5.75 Å². The van der Waals surface area contributed by atoms with E-state index < -0.39 is 0 Å². The third-order valence-electron chi connectivity index (χ3n) is 3.96. The van der Waals surface area contributed by atoms with Gasteiger partial charge in [-0.1, -0.05) is 40.2 Å². The van der Waals surface area contributed by atoms with Gasteiger partial charge in [0.15, 0.2) is 0 Å². The van der Waals surface area contributed by atoms with E-state index in [1.54, 1.807) is 0 Å². The van der Waals surface area contributed by atoms with Gasteiger partial charge in [-0.05, 0) is 76.5 Å². The van der Waals surface area contributed by atoms with Crippen LogP contribution in [0, 0.1) is 0 Å². The van der Waals surface area contributed by atoms with Gasteiger partial charge in [-0.3, -0.25) is 0 Å². The van der Waals surface area contributed by atoms with Crippen molar-refractivity contribution in [2.75, 3.05) is 6.61 Å². The first-order valence-corrected chi connectivity index (χ1v) is 9.08. The lowest BCUT2D eigenvalue weighted by atomic mass is 10.0. The highest BCUT2D eigenvalue weighted by molar-refractivity contribution is 9.10. The number of alkyl halides is 1. The summed E-state index contributed by atoms with van der Waals surface area (Å²) in [6.07, 6.45) is 3.74. The van der Waals surface area contributed by atoms with Gasteiger partial charge in [0.2, 0.25) is 0 Å². The Morgan fingerprint density at radius 2 is 1.76 bits per heavy atom. The number of rotatable bonds is 4. The molecule has 0 fully saturated rings. The largest absolute Gasteiger partial charge is 0.493 e. The maximum absolute atomic E-state index is 5.58. The molecule has 0 aromatic heterocycles. The van der Waals surface area contributed by atoms with Crippen LogP contribution in [0.15, 0.2) is 40.9 Å². The molecule has 3 heteroatoms.